The maximum Gasteiger partial charge on any atom is 0.159 e. The molecule has 0 amide bonds. The van der Waals surface area contributed by atoms with Crippen LogP contribution in [0.3, 0.4) is 0 Å². The summed E-state index contributed by atoms with van der Waals surface area (Å²) in [6.07, 6.45) is 1.49. The van der Waals surface area contributed by atoms with Crippen LogP contribution in [0, 0.1) is 6.92 Å². The fourth-order valence-corrected chi connectivity index (χ4v) is 2.28. The van der Waals surface area contributed by atoms with Crippen molar-refractivity contribution in [3.63, 3.8) is 0 Å². The SMILES string of the molecule is CCNc1ncnc(Nc2cccc3ccc(C)nc23)c1N. The van der Waals surface area contributed by atoms with Crippen molar-refractivity contribution in [2.24, 2.45) is 0 Å². The lowest BCUT2D eigenvalue weighted by Gasteiger charge is -2.13. The van der Waals surface area contributed by atoms with Crippen LogP contribution in [0.5, 0.6) is 0 Å². The van der Waals surface area contributed by atoms with Crippen molar-refractivity contribution in [3.8, 4) is 0 Å². The molecule has 0 aliphatic carbocycles. The molecule has 22 heavy (non-hydrogen) atoms. The molecule has 112 valence electrons. The van der Waals surface area contributed by atoms with E-state index in [0.29, 0.717) is 17.3 Å². The number of fused-ring (bicyclic) bond motifs is 1. The van der Waals surface area contributed by atoms with Crippen LogP contribution in [0.2, 0.25) is 0 Å². The number of para-hydroxylation sites is 1. The predicted octanol–water partition coefficient (Wildman–Crippen LogP) is 3.09. The van der Waals surface area contributed by atoms with Gasteiger partial charge in [-0.1, -0.05) is 18.2 Å². The van der Waals surface area contributed by atoms with Crippen LogP contribution in [0.4, 0.5) is 23.0 Å². The average Bonchev–Trinajstić information content (AvgIpc) is 2.52. The van der Waals surface area contributed by atoms with Crippen LogP contribution in [-0.4, -0.2) is 21.5 Å². The first-order valence-corrected chi connectivity index (χ1v) is 7.16. The van der Waals surface area contributed by atoms with Gasteiger partial charge < -0.3 is 16.4 Å². The number of benzene rings is 1. The lowest BCUT2D eigenvalue weighted by Crippen LogP contribution is -2.07. The van der Waals surface area contributed by atoms with Crippen LogP contribution in [-0.2, 0) is 0 Å². The highest BCUT2D eigenvalue weighted by Gasteiger charge is 2.10. The average molecular weight is 294 g/mol. The lowest BCUT2D eigenvalue weighted by molar-refractivity contribution is 1.12. The molecule has 4 N–H and O–H groups in total. The highest BCUT2D eigenvalue weighted by atomic mass is 15.1. The fourth-order valence-electron chi connectivity index (χ4n) is 2.28. The van der Waals surface area contributed by atoms with Crippen molar-refractivity contribution in [2.45, 2.75) is 13.8 Å². The van der Waals surface area contributed by atoms with Crippen molar-refractivity contribution >= 4 is 33.9 Å². The van der Waals surface area contributed by atoms with Gasteiger partial charge in [-0.25, -0.2) is 9.97 Å². The van der Waals surface area contributed by atoms with E-state index in [1.165, 1.54) is 6.33 Å². The topological polar surface area (TPSA) is 88.8 Å². The van der Waals surface area contributed by atoms with Crippen molar-refractivity contribution in [2.75, 3.05) is 22.9 Å². The number of nitrogen functional groups attached to an aromatic ring is 1. The Morgan fingerprint density at radius 2 is 1.91 bits per heavy atom. The quantitative estimate of drug-likeness (QED) is 0.685. The first-order chi connectivity index (χ1) is 10.7. The van der Waals surface area contributed by atoms with Gasteiger partial charge in [0.25, 0.3) is 0 Å². The molecule has 2 aromatic heterocycles. The van der Waals surface area contributed by atoms with Crippen LogP contribution >= 0.6 is 0 Å². The molecule has 2 heterocycles. The molecule has 0 spiro atoms. The summed E-state index contributed by atoms with van der Waals surface area (Å²) in [5.41, 5.74) is 9.34. The van der Waals surface area contributed by atoms with Crippen molar-refractivity contribution < 1.29 is 0 Å². The van der Waals surface area contributed by atoms with E-state index in [1.54, 1.807) is 0 Å². The summed E-state index contributed by atoms with van der Waals surface area (Å²) in [5.74, 6) is 1.20. The Morgan fingerprint density at radius 3 is 2.73 bits per heavy atom. The van der Waals surface area contributed by atoms with Gasteiger partial charge in [-0.15, -0.1) is 0 Å². The zero-order valence-electron chi connectivity index (χ0n) is 12.6. The summed E-state index contributed by atoms with van der Waals surface area (Å²) in [4.78, 5) is 13.0. The number of pyridine rings is 1. The van der Waals surface area contributed by atoms with Gasteiger partial charge in [0.2, 0.25) is 0 Å². The minimum Gasteiger partial charge on any atom is -0.393 e. The summed E-state index contributed by atoms with van der Waals surface area (Å²) >= 11 is 0. The van der Waals surface area contributed by atoms with Gasteiger partial charge >= 0.3 is 0 Å². The molecule has 0 unspecified atom stereocenters. The molecular formula is C16H18N6. The largest absolute Gasteiger partial charge is 0.393 e. The van der Waals surface area contributed by atoms with E-state index < -0.39 is 0 Å². The molecule has 0 fully saturated rings. The molecule has 0 atom stereocenters. The number of nitrogens with zero attached hydrogens (tertiary/aromatic N) is 3. The van der Waals surface area contributed by atoms with Gasteiger partial charge in [-0.2, -0.15) is 0 Å². The van der Waals surface area contributed by atoms with E-state index in [2.05, 4.69) is 31.7 Å². The first-order valence-electron chi connectivity index (χ1n) is 7.16. The lowest BCUT2D eigenvalue weighted by atomic mass is 10.1. The predicted molar refractivity (Wildman–Crippen MR) is 90.4 cm³/mol. The second-order valence-corrected chi connectivity index (χ2v) is 4.97. The smallest absolute Gasteiger partial charge is 0.159 e. The molecule has 0 saturated carbocycles. The van der Waals surface area contributed by atoms with Gasteiger partial charge in [0.1, 0.15) is 12.0 Å². The molecule has 0 radical (unpaired) electrons. The molecule has 1 aromatic carbocycles. The van der Waals surface area contributed by atoms with E-state index in [-0.39, 0.29) is 0 Å². The molecule has 6 heteroatoms. The molecule has 0 saturated heterocycles. The number of nitrogens with two attached hydrogens (primary N) is 1. The van der Waals surface area contributed by atoms with Crippen molar-refractivity contribution in [3.05, 3.63) is 42.4 Å². The number of hydrogen-bond acceptors (Lipinski definition) is 6. The number of anilines is 4. The van der Waals surface area contributed by atoms with Gasteiger partial charge in [-0.05, 0) is 26.0 Å². The molecular weight excluding hydrogens is 276 g/mol. The number of rotatable bonds is 4. The summed E-state index contributed by atoms with van der Waals surface area (Å²) in [6, 6.07) is 10.0. The van der Waals surface area contributed by atoms with E-state index in [0.717, 1.165) is 28.8 Å². The number of aromatic nitrogens is 3. The maximum absolute atomic E-state index is 6.12. The Morgan fingerprint density at radius 1 is 1.09 bits per heavy atom. The maximum atomic E-state index is 6.12. The molecule has 0 aliphatic heterocycles. The molecule has 6 nitrogen and oxygen atoms in total. The van der Waals surface area contributed by atoms with E-state index in [1.807, 2.05) is 38.1 Å². The van der Waals surface area contributed by atoms with Gasteiger partial charge in [0, 0.05) is 17.6 Å². The zero-order chi connectivity index (χ0) is 15.5. The van der Waals surface area contributed by atoms with Crippen LogP contribution in [0.25, 0.3) is 10.9 Å². The van der Waals surface area contributed by atoms with E-state index >= 15 is 0 Å². The number of hydrogen-bond donors (Lipinski definition) is 3. The van der Waals surface area contributed by atoms with E-state index in [9.17, 15) is 0 Å². The summed E-state index contributed by atoms with van der Waals surface area (Å²) in [5, 5.41) is 7.44. The third kappa shape index (κ3) is 2.63. The Kier molecular flexibility index (Phi) is 3.74. The highest BCUT2D eigenvalue weighted by Crippen LogP contribution is 2.29. The second kappa shape index (κ2) is 5.85. The Balaban J connectivity index is 2.03. The van der Waals surface area contributed by atoms with Crippen LogP contribution < -0.4 is 16.4 Å². The normalized spacial score (nSPS) is 10.6. The van der Waals surface area contributed by atoms with Crippen molar-refractivity contribution in [1.82, 2.24) is 15.0 Å². The minimum atomic E-state index is 0.494. The van der Waals surface area contributed by atoms with Crippen molar-refractivity contribution in [1.29, 1.82) is 0 Å². The number of aryl methyl sites for hydroxylation is 1. The zero-order valence-corrected chi connectivity index (χ0v) is 12.6. The Hall–Kier alpha value is -2.89. The fraction of sp³-hybridized carbons (Fsp3) is 0.188. The monoisotopic (exact) mass is 294 g/mol. The summed E-state index contributed by atoms with van der Waals surface area (Å²) in [6.45, 7) is 4.71. The van der Waals surface area contributed by atoms with E-state index in [4.69, 9.17) is 5.73 Å². The third-order valence-electron chi connectivity index (χ3n) is 3.34. The van der Waals surface area contributed by atoms with Gasteiger partial charge in [-0.3, -0.25) is 4.98 Å². The van der Waals surface area contributed by atoms with Crippen LogP contribution in [0.1, 0.15) is 12.6 Å². The number of nitrogens with one attached hydrogen (secondary N) is 2. The second-order valence-electron chi connectivity index (χ2n) is 4.97. The highest BCUT2D eigenvalue weighted by molar-refractivity contribution is 5.93. The summed E-state index contributed by atoms with van der Waals surface area (Å²) in [7, 11) is 0. The van der Waals surface area contributed by atoms with Crippen LogP contribution in [0.15, 0.2) is 36.7 Å². The third-order valence-corrected chi connectivity index (χ3v) is 3.34. The van der Waals surface area contributed by atoms with Gasteiger partial charge in [0.15, 0.2) is 11.6 Å². The minimum absolute atomic E-state index is 0.494. The molecule has 3 rings (SSSR count). The molecule has 3 aromatic rings. The molecule has 0 bridgehead atoms. The Bertz CT molecular complexity index is 815. The van der Waals surface area contributed by atoms with Gasteiger partial charge in [0.05, 0.1) is 11.2 Å². The standard InChI is InChI=1S/C16H18N6/c1-3-18-15-13(17)16(20-9-19-15)22-12-6-4-5-11-8-7-10(2)21-14(11)12/h4-9H,3,17H2,1-2H3,(H2,18,19,20,22). The Labute approximate surface area is 128 Å². The first kappa shape index (κ1) is 14.1. The molecule has 0 aliphatic rings. The summed E-state index contributed by atoms with van der Waals surface area (Å²) < 4.78 is 0.